The predicted molar refractivity (Wildman–Crippen MR) is 81.8 cm³/mol. The van der Waals surface area contributed by atoms with E-state index in [-0.39, 0.29) is 5.60 Å². The standard InChI is InChI=1S/C17H22N2O/c1-13-4-6-15-10-14(5-7-16(15)19-13)11-18-12-17(20-2)8-3-9-17/h4-7,10,18H,3,8-9,11-12H2,1-2H3. The molecule has 0 amide bonds. The molecule has 2 aromatic rings. The number of rotatable bonds is 5. The van der Waals surface area contributed by atoms with Gasteiger partial charge in [0.2, 0.25) is 0 Å². The number of aryl methyl sites for hydroxylation is 1. The van der Waals surface area contributed by atoms with Gasteiger partial charge in [-0.15, -0.1) is 0 Å². The third kappa shape index (κ3) is 2.69. The number of benzene rings is 1. The fourth-order valence-corrected chi connectivity index (χ4v) is 2.85. The van der Waals surface area contributed by atoms with Crippen molar-refractivity contribution < 1.29 is 4.74 Å². The van der Waals surface area contributed by atoms with E-state index < -0.39 is 0 Å². The van der Waals surface area contributed by atoms with E-state index in [0.29, 0.717) is 0 Å². The second-order valence-electron chi connectivity index (χ2n) is 5.82. The Morgan fingerprint density at radius 2 is 2.10 bits per heavy atom. The number of methoxy groups -OCH3 is 1. The monoisotopic (exact) mass is 270 g/mol. The van der Waals surface area contributed by atoms with Crippen molar-refractivity contribution in [3.63, 3.8) is 0 Å². The van der Waals surface area contributed by atoms with Gasteiger partial charge in [0.05, 0.1) is 11.1 Å². The Hall–Kier alpha value is -1.45. The second-order valence-corrected chi connectivity index (χ2v) is 5.82. The van der Waals surface area contributed by atoms with Crippen LogP contribution >= 0.6 is 0 Å². The molecule has 3 nitrogen and oxygen atoms in total. The molecule has 1 saturated carbocycles. The van der Waals surface area contributed by atoms with Crippen molar-refractivity contribution in [1.29, 1.82) is 0 Å². The first-order valence-electron chi connectivity index (χ1n) is 7.33. The zero-order chi connectivity index (χ0) is 14.0. The zero-order valence-electron chi connectivity index (χ0n) is 12.3. The fourth-order valence-electron chi connectivity index (χ4n) is 2.85. The molecule has 1 aliphatic rings. The second kappa shape index (κ2) is 5.51. The summed E-state index contributed by atoms with van der Waals surface area (Å²) in [5.74, 6) is 0. The molecule has 1 aromatic carbocycles. The molecule has 0 spiro atoms. The summed E-state index contributed by atoms with van der Waals surface area (Å²) in [5, 5.41) is 4.73. The molecule has 0 unspecified atom stereocenters. The average Bonchev–Trinajstić information content (AvgIpc) is 2.42. The van der Waals surface area contributed by atoms with Crippen molar-refractivity contribution in [2.24, 2.45) is 0 Å². The van der Waals surface area contributed by atoms with Crippen LogP contribution in [0.3, 0.4) is 0 Å². The van der Waals surface area contributed by atoms with Crippen LogP contribution in [0.2, 0.25) is 0 Å². The minimum absolute atomic E-state index is 0.0928. The lowest BCUT2D eigenvalue weighted by Gasteiger charge is -2.40. The van der Waals surface area contributed by atoms with E-state index in [2.05, 4.69) is 40.6 Å². The Kier molecular flexibility index (Phi) is 3.72. The SMILES string of the molecule is COC1(CNCc2ccc3nc(C)ccc3c2)CCC1. The lowest BCUT2D eigenvalue weighted by molar-refractivity contribution is -0.0695. The van der Waals surface area contributed by atoms with Gasteiger partial charge in [0.1, 0.15) is 0 Å². The molecule has 1 heterocycles. The smallest absolute Gasteiger partial charge is 0.0802 e. The molecule has 3 heteroatoms. The predicted octanol–water partition coefficient (Wildman–Crippen LogP) is 3.20. The number of hydrogen-bond donors (Lipinski definition) is 1. The maximum Gasteiger partial charge on any atom is 0.0802 e. The summed E-state index contributed by atoms with van der Waals surface area (Å²) in [6.45, 7) is 3.85. The van der Waals surface area contributed by atoms with Gasteiger partial charge < -0.3 is 10.1 Å². The molecule has 0 saturated heterocycles. The van der Waals surface area contributed by atoms with E-state index in [1.165, 1.54) is 30.2 Å². The Morgan fingerprint density at radius 3 is 2.80 bits per heavy atom. The quantitative estimate of drug-likeness (QED) is 0.906. The minimum atomic E-state index is 0.0928. The highest BCUT2D eigenvalue weighted by molar-refractivity contribution is 5.79. The molecular formula is C17H22N2O. The molecule has 1 aliphatic carbocycles. The molecule has 1 N–H and O–H groups in total. The number of pyridine rings is 1. The van der Waals surface area contributed by atoms with Crippen LogP contribution in [0.25, 0.3) is 10.9 Å². The number of hydrogen-bond acceptors (Lipinski definition) is 3. The molecule has 106 valence electrons. The Balaban J connectivity index is 1.64. The first kappa shape index (κ1) is 13.5. The molecule has 3 rings (SSSR count). The summed E-state index contributed by atoms with van der Waals surface area (Å²) < 4.78 is 5.62. The highest BCUT2D eigenvalue weighted by Gasteiger charge is 2.36. The van der Waals surface area contributed by atoms with Crippen LogP contribution < -0.4 is 5.32 Å². The third-order valence-corrected chi connectivity index (χ3v) is 4.37. The van der Waals surface area contributed by atoms with E-state index >= 15 is 0 Å². The van der Waals surface area contributed by atoms with E-state index in [1.54, 1.807) is 0 Å². The summed E-state index contributed by atoms with van der Waals surface area (Å²) >= 11 is 0. The molecule has 0 bridgehead atoms. The summed E-state index contributed by atoms with van der Waals surface area (Å²) in [5.41, 5.74) is 3.53. The summed E-state index contributed by atoms with van der Waals surface area (Å²) in [6.07, 6.45) is 3.64. The van der Waals surface area contributed by atoms with Gasteiger partial charge in [-0.2, -0.15) is 0 Å². The topological polar surface area (TPSA) is 34.1 Å². The maximum atomic E-state index is 5.62. The van der Waals surface area contributed by atoms with Crippen molar-refractivity contribution in [1.82, 2.24) is 10.3 Å². The van der Waals surface area contributed by atoms with Gasteiger partial charge in [-0.25, -0.2) is 0 Å². The van der Waals surface area contributed by atoms with Crippen molar-refractivity contribution in [3.05, 3.63) is 41.6 Å². The minimum Gasteiger partial charge on any atom is -0.377 e. The van der Waals surface area contributed by atoms with Gasteiger partial charge in [0, 0.05) is 31.3 Å². The molecule has 0 atom stereocenters. The molecule has 0 radical (unpaired) electrons. The van der Waals surface area contributed by atoms with Crippen LogP contribution in [-0.4, -0.2) is 24.2 Å². The van der Waals surface area contributed by atoms with Crippen molar-refractivity contribution in [2.75, 3.05) is 13.7 Å². The lowest BCUT2D eigenvalue weighted by atomic mass is 9.80. The summed E-state index contributed by atoms with van der Waals surface area (Å²) in [7, 11) is 1.82. The molecule has 20 heavy (non-hydrogen) atoms. The van der Waals surface area contributed by atoms with E-state index in [9.17, 15) is 0 Å². The van der Waals surface area contributed by atoms with Crippen LogP contribution in [0.1, 0.15) is 30.5 Å². The van der Waals surface area contributed by atoms with Gasteiger partial charge in [0.25, 0.3) is 0 Å². The fraction of sp³-hybridized carbons (Fsp3) is 0.471. The third-order valence-electron chi connectivity index (χ3n) is 4.37. The molecule has 1 aromatic heterocycles. The number of aromatic nitrogens is 1. The van der Waals surface area contributed by atoms with E-state index in [4.69, 9.17) is 4.74 Å². The van der Waals surface area contributed by atoms with Crippen LogP contribution in [0, 0.1) is 6.92 Å². The van der Waals surface area contributed by atoms with Gasteiger partial charge in [0.15, 0.2) is 0 Å². The Morgan fingerprint density at radius 1 is 1.25 bits per heavy atom. The largest absolute Gasteiger partial charge is 0.377 e. The number of ether oxygens (including phenoxy) is 1. The molecular weight excluding hydrogens is 248 g/mol. The lowest BCUT2D eigenvalue weighted by Crippen LogP contribution is -2.47. The first-order valence-corrected chi connectivity index (χ1v) is 7.33. The Bertz CT molecular complexity index is 599. The summed E-state index contributed by atoms with van der Waals surface area (Å²) in [6, 6.07) is 10.7. The van der Waals surface area contributed by atoms with Crippen molar-refractivity contribution in [2.45, 2.75) is 38.3 Å². The number of nitrogens with one attached hydrogen (secondary N) is 1. The zero-order valence-corrected chi connectivity index (χ0v) is 12.3. The van der Waals surface area contributed by atoms with Crippen molar-refractivity contribution in [3.8, 4) is 0 Å². The normalized spacial score (nSPS) is 17.1. The van der Waals surface area contributed by atoms with Gasteiger partial charge in [-0.1, -0.05) is 12.1 Å². The maximum absolute atomic E-state index is 5.62. The Labute approximate surface area is 120 Å². The number of fused-ring (bicyclic) bond motifs is 1. The van der Waals surface area contributed by atoms with E-state index in [1.807, 2.05) is 14.0 Å². The van der Waals surface area contributed by atoms with Gasteiger partial charge >= 0.3 is 0 Å². The average molecular weight is 270 g/mol. The van der Waals surface area contributed by atoms with Crippen LogP contribution in [0.5, 0.6) is 0 Å². The van der Waals surface area contributed by atoms with Crippen LogP contribution in [0.15, 0.2) is 30.3 Å². The summed E-state index contributed by atoms with van der Waals surface area (Å²) in [4.78, 5) is 4.53. The van der Waals surface area contributed by atoms with Crippen LogP contribution in [0.4, 0.5) is 0 Å². The number of nitrogens with zero attached hydrogens (tertiary/aromatic N) is 1. The van der Waals surface area contributed by atoms with Crippen molar-refractivity contribution >= 4 is 10.9 Å². The van der Waals surface area contributed by atoms with Gasteiger partial charge in [-0.3, -0.25) is 4.98 Å². The van der Waals surface area contributed by atoms with E-state index in [0.717, 1.165) is 24.3 Å². The highest BCUT2D eigenvalue weighted by atomic mass is 16.5. The van der Waals surface area contributed by atoms with Crippen LogP contribution in [-0.2, 0) is 11.3 Å². The first-order chi connectivity index (χ1) is 9.71. The molecule has 0 aliphatic heterocycles. The van der Waals surface area contributed by atoms with Gasteiger partial charge in [-0.05, 0) is 49.9 Å². The molecule has 1 fully saturated rings. The highest BCUT2D eigenvalue weighted by Crippen LogP contribution is 2.34.